The lowest BCUT2D eigenvalue weighted by Gasteiger charge is -2.20. The van der Waals surface area contributed by atoms with Crippen molar-refractivity contribution in [3.8, 4) is 0 Å². The maximum Gasteiger partial charge on any atom is 0.243 e. The fourth-order valence-corrected chi connectivity index (χ4v) is 6.83. The monoisotopic (exact) mass is 453 g/mol. The van der Waals surface area contributed by atoms with Gasteiger partial charge in [-0.25, -0.2) is 8.42 Å². The number of amides is 1. The number of hydrogen-bond donors (Lipinski definition) is 0. The fourth-order valence-electron chi connectivity index (χ4n) is 4.92. The van der Waals surface area contributed by atoms with E-state index in [-0.39, 0.29) is 18.4 Å². The summed E-state index contributed by atoms with van der Waals surface area (Å²) < 4.78 is 30.7. The molecule has 1 amide bonds. The lowest BCUT2D eigenvalue weighted by molar-refractivity contribution is -0.129. The van der Waals surface area contributed by atoms with Crippen molar-refractivity contribution in [1.29, 1.82) is 0 Å². The van der Waals surface area contributed by atoms with Crippen molar-refractivity contribution in [2.45, 2.75) is 44.6 Å². The van der Waals surface area contributed by atoms with Crippen LogP contribution in [0.15, 0.2) is 47.5 Å². The summed E-state index contributed by atoms with van der Waals surface area (Å²) in [6.45, 7) is 6.94. The molecule has 7 heteroatoms. The topological polar surface area (TPSA) is 62.6 Å². The molecule has 1 saturated heterocycles. The quantitative estimate of drug-likeness (QED) is 0.590. The molecule has 1 aliphatic heterocycles. The second-order valence-corrected chi connectivity index (χ2v) is 11.0. The molecule has 0 bridgehead atoms. The van der Waals surface area contributed by atoms with Crippen LogP contribution in [0.5, 0.6) is 0 Å². The number of sulfonamides is 1. The molecule has 1 aromatic heterocycles. The van der Waals surface area contributed by atoms with Gasteiger partial charge in [0, 0.05) is 50.2 Å². The van der Waals surface area contributed by atoms with Crippen LogP contribution in [-0.2, 0) is 21.4 Å². The zero-order valence-corrected chi connectivity index (χ0v) is 20.2. The number of carbonyl (C=O) groups is 1. The Kier molecular flexibility index (Phi) is 5.90. The van der Waals surface area contributed by atoms with Crippen LogP contribution in [0.25, 0.3) is 10.9 Å². The number of likely N-dealkylation sites (N-methyl/N-ethyl adjacent to an activating group) is 1. The van der Waals surface area contributed by atoms with Crippen molar-refractivity contribution >= 4 is 26.8 Å². The predicted octanol–water partition coefficient (Wildman–Crippen LogP) is 3.83. The maximum absolute atomic E-state index is 13.5. The molecule has 1 fully saturated rings. The van der Waals surface area contributed by atoms with E-state index in [4.69, 9.17) is 0 Å². The van der Waals surface area contributed by atoms with Gasteiger partial charge in [0.05, 0.1) is 4.90 Å². The van der Waals surface area contributed by atoms with Crippen LogP contribution >= 0.6 is 0 Å². The van der Waals surface area contributed by atoms with E-state index in [0.29, 0.717) is 18.0 Å². The molecule has 170 valence electrons. The van der Waals surface area contributed by atoms with E-state index in [1.54, 1.807) is 23.3 Å². The third-order valence-corrected chi connectivity index (χ3v) is 8.59. The molecule has 0 spiro atoms. The molecule has 0 N–H and O–H groups in total. The second-order valence-electron chi connectivity index (χ2n) is 9.09. The molecular formula is C25H31N3O3S. The first kappa shape index (κ1) is 22.6. The molecule has 4 rings (SSSR count). The molecule has 0 radical (unpaired) electrons. The summed E-state index contributed by atoms with van der Waals surface area (Å²) in [6.07, 6.45) is 2.80. The molecule has 1 unspecified atom stereocenters. The molecule has 32 heavy (non-hydrogen) atoms. The molecule has 0 aliphatic carbocycles. The largest absolute Gasteiger partial charge is 0.347 e. The highest BCUT2D eigenvalue weighted by atomic mass is 32.2. The number of rotatable bonds is 5. The van der Waals surface area contributed by atoms with Crippen molar-refractivity contribution in [3.05, 3.63) is 64.8 Å². The summed E-state index contributed by atoms with van der Waals surface area (Å²) in [5.41, 5.74) is 4.78. The van der Waals surface area contributed by atoms with Crippen LogP contribution in [0.4, 0.5) is 0 Å². The molecule has 2 aromatic carbocycles. The normalized spacial score (nSPS) is 17.2. The Hall–Kier alpha value is -2.64. The summed E-state index contributed by atoms with van der Waals surface area (Å²) >= 11 is 0. The van der Waals surface area contributed by atoms with Crippen LogP contribution in [-0.4, -0.2) is 55.3 Å². The van der Waals surface area contributed by atoms with Crippen molar-refractivity contribution in [3.63, 3.8) is 0 Å². The predicted molar refractivity (Wildman–Crippen MR) is 127 cm³/mol. The van der Waals surface area contributed by atoms with Gasteiger partial charge in [-0.05, 0) is 49.9 Å². The van der Waals surface area contributed by atoms with Gasteiger partial charge in [-0.3, -0.25) is 4.79 Å². The van der Waals surface area contributed by atoms with Crippen molar-refractivity contribution in [2.75, 3.05) is 27.2 Å². The summed E-state index contributed by atoms with van der Waals surface area (Å²) in [6, 6.07) is 11.9. The van der Waals surface area contributed by atoms with Gasteiger partial charge in [-0.2, -0.15) is 4.31 Å². The van der Waals surface area contributed by atoms with E-state index in [2.05, 4.69) is 6.07 Å². The molecule has 1 aliphatic rings. The zero-order chi connectivity index (χ0) is 23.2. The zero-order valence-electron chi connectivity index (χ0n) is 19.4. The minimum Gasteiger partial charge on any atom is -0.347 e. The first-order valence-electron chi connectivity index (χ1n) is 11.0. The molecule has 3 aromatic rings. The number of nitrogens with zero attached hydrogens (tertiary/aromatic N) is 3. The number of benzene rings is 2. The maximum atomic E-state index is 13.5. The number of hydrogen-bond acceptors (Lipinski definition) is 3. The summed E-state index contributed by atoms with van der Waals surface area (Å²) in [5.74, 6) is 0.120. The van der Waals surface area contributed by atoms with Crippen LogP contribution in [0.3, 0.4) is 0 Å². The Balaban J connectivity index is 1.66. The van der Waals surface area contributed by atoms with E-state index in [1.807, 2.05) is 61.9 Å². The summed E-state index contributed by atoms with van der Waals surface area (Å²) in [4.78, 5) is 14.4. The Morgan fingerprint density at radius 1 is 1.09 bits per heavy atom. The second kappa shape index (κ2) is 8.37. The van der Waals surface area contributed by atoms with Crippen LogP contribution in [0, 0.1) is 20.8 Å². The van der Waals surface area contributed by atoms with E-state index < -0.39 is 10.0 Å². The summed E-state index contributed by atoms with van der Waals surface area (Å²) in [5, 5.41) is 1.09. The summed E-state index contributed by atoms with van der Waals surface area (Å²) in [7, 11) is -0.0614. The van der Waals surface area contributed by atoms with Gasteiger partial charge in [-0.1, -0.05) is 35.9 Å². The van der Waals surface area contributed by atoms with Crippen molar-refractivity contribution in [1.82, 2.24) is 13.8 Å². The van der Waals surface area contributed by atoms with Crippen LogP contribution in [0.2, 0.25) is 0 Å². The molecule has 2 heterocycles. The average Bonchev–Trinajstić information content (AvgIpc) is 3.33. The lowest BCUT2D eigenvalue weighted by Crippen LogP contribution is -2.30. The average molecular weight is 454 g/mol. The van der Waals surface area contributed by atoms with Gasteiger partial charge < -0.3 is 9.47 Å². The minimum atomic E-state index is -3.57. The standard InChI is InChI=1S/C25H31N3O3S/c1-17-12-18(2)25(19(3)13-17)32(30,31)28-11-10-20(14-28)22-15-27(16-24(29)26(4)5)23-9-7-6-8-21(22)23/h6-9,12-13,15,20H,10-11,14,16H2,1-5H3. The molecule has 6 nitrogen and oxygen atoms in total. The molecule has 0 saturated carbocycles. The van der Waals surface area contributed by atoms with Gasteiger partial charge in [0.2, 0.25) is 15.9 Å². The Labute approximate surface area is 190 Å². The first-order valence-corrected chi connectivity index (χ1v) is 12.4. The number of carbonyl (C=O) groups excluding carboxylic acids is 1. The van der Waals surface area contributed by atoms with Crippen molar-refractivity contribution < 1.29 is 13.2 Å². The molecule has 1 atom stereocenters. The smallest absolute Gasteiger partial charge is 0.243 e. The van der Waals surface area contributed by atoms with Gasteiger partial charge in [0.15, 0.2) is 0 Å². The van der Waals surface area contributed by atoms with Crippen LogP contribution < -0.4 is 0 Å². The van der Waals surface area contributed by atoms with E-state index in [9.17, 15) is 13.2 Å². The third kappa shape index (κ3) is 3.95. The van der Waals surface area contributed by atoms with Gasteiger partial charge in [0.25, 0.3) is 0 Å². The van der Waals surface area contributed by atoms with E-state index in [1.165, 1.54) is 0 Å². The minimum absolute atomic E-state index is 0.0262. The third-order valence-electron chi connectivity index (χ3n) is 6.42. The fraction of sp³-hybridized carbons (Fsp3) is 0.400. The van der Waals surface area contributed by atoms with E-state index >= 15 is 0 Å². The van der Waals surface area contributed by atoms with Crippen molar-refractivity contribution in [2.24, 2.45) is 0 Å². The Morgan fingerprint density at radius 2 is 1.75 bits per heavy atom. The van der Waals surface area contributed by atoms with Crippen LogP contribution in [0.1, 0.15) is 34.6 Å². The highest BCUT2D eigenvalue weighted by Crippen LogP contribution is 2.37. The number of para-hydroxylation sites is 1. The SMILES string of the molecule is Cc1cc(C)c(S(=O)(=O)N2CCC(c3cn(CC(=O)N(C)C)c4ccccc34)C2)c(C)c1. The Bertz CT molecular complexity index is 1270. The van der Waals surface area contributed by atoms with Gasteiger partial charge in [-0.15, -0.1) is 0 Å². The highest BCUT2D eigenvalue weighted by Gasteiger charge is 2.36. The van der Waals surface area contributed by atoms with Gasteiger partial charge in [0.1, 0.15) is 6.54 Å². The number of fused-ring (bicyclic) bond motifs is 1. The Morgan fingerprint density at radius 3 is 2.41 bits per heavy atom. The molecular weight excluding hydrogens is 422 g/mol. The van der Waals surface area contributed by atoms with E-state index in [0.717, 1.165) is 39.6 Å². The highest BCUT2D eigenvalue weighted by molar-refractivity contribution is 7.89. The lowest BCUT2D eigenvalue weighted by atomic mass is 9.98. The number of aryl methyl sites for hydroxylation is 3. The van der Waals surface area contributed by atoms with Gasteiger partial charge >= 0.3 is 0 Å². The number of aromatic nitrogens is 1. The first-order chi connectivity index (χ1) is 15.1.